The third-order valence-corrected chi connectivity index (χ3v) is 2.54. The van der Waals surface area contributed by atoms with E-state index in [1.54, 1.807) is 7.11 Å². The highest BCUT2D eigenvalue weighted by molar-refractivity contribution is 4.76. The molecule has 1 nitrogen and oxygen atoms in total. The van der Waals surface area contributed by atoms with Crippen LogP contribution >= 0.6 is 0 Å². The van der Waals surface area contributed by atoms with Crippen LogP contribution in [0.4, 0.5) is 0 Å². The van der Waals surface area contributed by atoms with Crippen molar-refractivity contribution < 1.29 is 4.74 Å². The molecule has 0 spiro atoms. The van der Waals surface area contributed by atoms with Gasteiger partial charge in [-0.25, -0.2) is 0 Å². The fourth-order valence-electron chi connectivity index (χ4n) is 1.19. The minimum atomic E-state index is 0.0320. The van der Waals surface area contributed by atoms with Crippen molar-refractivity contribution in [3.63, 3.8) is 0 Å². The first-order chi connectivity index (χ1) is 4.90. The summed E-state index contributed by atoms with van der Waals surface area (Å²) in [6.07, 6.45) is 1.24. The normalized spacial score (nSPS) is 15.5. The molecular weight excluding hydrogens is 136 g/mol. The Morgan fingerprint density at radius 2 is 1.64 bits per heavy atom. The Morgan fingerprint density at radius 1 is 1.18 bits per heavy atom. The Balaban J connectivity index is 3.90. The van der Waals surface area contributed by atoms with Gasteiger partial charge in [-0.3, -0.25) is 0 Å². The lowest BCUT2D eigenvalue weighted by atomic mass is 9.86. The van der Waals surface area contributed by atoms with Crippen LogP contribution < -0.4 is 0 Å². The summed E-state index contributed by atoms with van der Waals surface area (Å²) in [7, 11) is 1.79. The molecule has 0 fully saturated rings. The first-order valence-corrected chi connectivity index (χ1v) is 4.45. The van der Waals surface area contributed by atoms with Crippen LogP contribution in [0.5, 0.6) is 0 Å². The summed E-state index contributed by atoms with van der Waals surface area (Å²) in [5.74, 6) is 1.40. The Bertz CT molecular complexity index is 105. The van der Waals surface area contributed by atoms with E-state index >= 15 is 0 Å². The zero-order chi connectivity index (χ0) is 9.07. The molecule has 0 aliphatic rings. The van der Waals surface area contributed by atoms with Gasteiger partial charge in [-0.1, -0.05) is 20.8 Å². The zero-order valence-corrected chi connectivity index (χ0v) is 8.77. The van der Waals surface area contributed by atoms with E-state index in [1.165, 1.54) is 6.42 Å². The molecule has 0 amide bonds. The van der Waals surface area contributed by atoms with Crippen LogP contribution in [0.15, 0.2) is 0 Å². The van der Waals surface area contributed by atoms with Gasteiger partial charge in [0, 0.05) is 7.11 Å². The van der Waals surface area contributed by atoms with Gasteiger partial charge in [0.2, 0.25) is 0 Å². The van der Waals surface area contributed by atoms with Crippen LogP contribution in [0, 0.1) is 11.8 Å². The van der Waals surface area contributed by atoms with Gasteiger partial charge >= 0.3 is 0 Å². The quantitative estimate of drug-likeness (QED) is 0.611. The fourth-order valence-corrected chi connectivity index (χ4v) is 1.19. The molecule has 0 bridgehead atoms. The summed E-state index contributed by atoms with van der Waals surface area (Å²) >= 11 is 0. The lowest BCUT2D eigenvalue weighted by Crippen LogP contribution is -2.32. The van der Waals surface area contributed by atoms with Gasteiger partial charge in [-0.2, -0.15) is 0 Å². The molecule has 0 unspecified atom stereocenters. The van der Waals surface area contributed by atoms with Crippen molar-refractivity contribution in [2.75, 3.05) is 7.11 Å². The summed E-state index contributed by atoms with van der Waals surface area (Å²) in [4.78, 5) is 0. The van der Waals surface area contributed by atoms with Crippen molar-refractivity contribution in [3.05, 3.63) is 0 Å². The number of ether oxygens (including phenoxy) is 1. The average Bonchev–Trinajstić information content (AvgIpc) is 1.86. The van der Waals surface area contributed by atoms with Gasteiger partial charge in [0.15, 0.2) is 0 Å². The molecule has 0 aromatic carbocycles. The van der Waals surface area contributed by atoms with Crippen molar-refractivity contribution in [3.8, 4) is 0 Å². The molecule has 0 heterocycles. The van der Waals surface area contributed by atoms with Gasteiger partial charge < -0.3 is 4.74 Å². The molecule has 0 aliphatic heterocycles. The first-order valence-electron chi connectivity index (χ1n) is 4.45. The molecule has 1 heteroatoms. The Hall–Kier alpha value is -0.0400. The van der Waals surface area contributed by atoms with Gasteiger partial charge in [0.25, 0.3) is 0 Å². The predicted molar refractivity (Wildman–Crippen MR) is 49.7 cm³/mol. The molecule has 0 aromatic heterocycles. The maximum atomic E-state index is 5.40. The van der Waals surface area contributed by atoms with E-state index in [1.807, 2.05) is 0 Å². The largest absolute Gasteiger partial charge is 0.379 e. The fraction of sp³-hybridized carbons (Fsp3) is 1.00. The monoisotopic (exact) mass is 158 g/mol. The first kappa shape index (κ1) is 11.0. The van der Waals surface area contributed by atoms with E-state index in [-0.39, 0.29) is 5.60 Å². The van der Waals surface area contributed by atoms with E-state index < -0.39 is 0 Å². The zero-order valence-electron chi connectivity index (χ0n) is 8.77. The summed E-state index contributed by atoms with van der Waals surface area (Å²) < 4.78 is 5.40. The summed E-state index contributed by atoms with van der Waals surface area (Å²) in [5, 5.41) is 0. The second-order valence-electron chi connectivity index (χ2n) is 4.34. The van der Waals surface area contributed by atoms with E-state index in [0.29, 0.717) is 5.92 Å². The van der Waals surface area contributed by atoms with Crippen molar-refractivity contribution >= 4 is 0 Å². The molecule has 68 valence electrons. The van der Waals surface area contributed by atoms with Crippen molar-refractivity contribution in [1.82, 2.24) is 0 Å². The Kier molecular flexibility index (Phi) is 4.09. The van der Waals surface area contributed by atoms with Gasteiger partial charge in [0.05, 0.1) is 5.60 Å². The van der Waals surface area contributed by atoms with Crippen molar-refractivity contribution in [2.45, 2.75) is 46.6 Å². The summed E-state index contributed by atoms with van der Waals surface area (Å²) in [6, 6.07) is 0. The minimum Gasteiger partial charge on any atom is -0.379 e. The van der Waals surface area contributed by atoms with Crippen LogP contribution in [-0.4, -0.2) is 12.7 Å². The molecule has 1 atom stereocenters. The highest BCUT2D eigenvalue weighted by atomic mass is 16.5. The standard InChI is InChI=1S/C10H22O/c1-8(2)7-9(3)10(4,5)11-6/h8-9H,7H2,1-6H3/t9-/m0/s1. The van der Waals surface area contributed by atoms with Crippen molar-refractivity contribution in [2.24, 2.45) is 11.8 Å². The highest BCUT2D eigenvalue weighted by Gasteiger charge is 2.25. The Morgan fingerprint density at radius 3 is 1.91 bits per heavy atom. The molecule has 0 saturated carbocycles. The Labute approximate surface area is 71.1 Å². The topological polar surface area (TPSA) is 9.23 Å². The summed E-state index contributed by atoms with van der Waals surface area (Å²) in [6.45, 7) is 11.1. The molecule has 11 heavy (non-hydrogen) atoms. The third-order valence-electron chi connectivity index (χ3n) is 2.54. The molecule has 0 saturated heterocycles. The van der Waals surface area contributed by atoms with Crippen LogP contribution in [0.2, 0.25) is 0 Å². The second kappa shape index (κ2) is 4.10. The van der Waals surface area contributed by atoms with Crippen molar-refractivity contribution in [1.29, 1.82) is 0 Å². The molecule has 0 aliphatic carbocycles. The lowest BCUT2D eigenvalue weighted by Gasteiger charge is -2.31. The van der Waals surface area contributed by atoms with Crippen LogP contribution in [-0.2, 0) is 4.74 Å². The molecule has 0 N–H and O–H groups in total. The minimum absolute atomic E-state index is 0.0320. The molecule has 0 aromatic rings. The molecular formula is C10H22O. The average molecular weight is 158 g/mol. The van der Waals surface area contributed by atoms with E-state index in [2.05, 4.69) is 34.6 Å². The van der Waals surface area contributed by atoms with Gasteiger partial charge in [-0.15, -0.1) is 0 Å². The SMILES string of the molecule is COC(C)(C)[C@@H](C)CC(C)C. The maximum absolute atomic E-state index is 5.40. The van der Waals surface area contributed by atoms with E-state index in [0.717, 1.165) is 5.92 Å². The second-order valence-corrected chi connectivity index (χ2v) is 4.34. The number of hydrogen-bond donors (Lipinski definition) is 0. The number of hydrogen-bond acceptors (Lipinski definition) is 1. The molecule has 0 radical (unpaired) electrons. The third kappa shape index (κ3) is 3.76. The lowest BCUT2D eigenvalue weighted by molar-refractivity contribution is -0.0280. The van der Waals surface area contributed by atoms with Gasteiger partial charge in [-0.05, 0) is 32.1 Å². The van der Waals surface area contributed by atoms with Crippen LogP contribution in [0.25, 0.3) is 0 Å². The summed E-state index contributed by atoms with van der Waals surface area (Å²) in [5.41, 5.74) is 0.0320. The smallest absolute Gasteiger partial charge is 0.0648 e. The number of rotatable bonds is 4. The van der Waals surface area contributed by atoms with Crippen LogP contribution in [0.3, 0.4) is 0 Å². The molecule has 0 rings (SSSR count). The van der Waals surface area contributed by atoms with Crippen LogP contribution in [0.1, 0.15) is 41.0 Å². The number of methoxy groups -OCH3 is 1. The van der Waals surface area contributed by atoms with Gasteiger partial charge in [0.1, 0.15) is 0 Å². The highest BCUT2D eigenvalue weighted by Crippen LogP contribution is 2.25. The van der Waals surface area contributed by atoms with E-state index in [9.17, 15) is 0 Å². The predicted octanol–water partition coefficient (Wildman–Crippen LogP) is 3.09. The maximum Gasteiger partial charge on any atom is 0.0648 e. The van der Waals surface area contributed by atoms with E-state index in [4.69, 9.17) is 4.74 Å².